The summed E-state index contributed by atoms with van der Waals surface area (Å²) in [6, 6.07) is 6.48. The van der Waals surface area contributed by atoms with Crippen LogP contribution < -0.4 is 5.73 Å². The van der Waals surface area contributed by atoms with Gasteiger partial charge in [-0.2, -0.15) is 5.10 Å². The van der Waals surface area contributed by atoms with E-state index in [2.05, 4.69) is 5.10 Å². The van der Waals surface area contributed by atoms with Crippen LogP contribution in [-0.2, 0) is 6.54 Å². The van der Waals surface area contributed by atoms with Crippen LogP contribution in [0, 0.1) is 5.82 Å². The van der Waals surface area contributed by atoms with E-state index in [1.807, 2.05) is 19.2 Å². The van der Waals surface area contributed by atoms with E-state index < -0.39 is 0 Å². The zero-order valence-corrected chi connectivity index (χ0v) is 9.10. The zero-order valence-electron chi connectivity index (χ0n) is 9.10. The fraction of sp³-hybridized carbons (Fsp3) is 0.250. The van der Waals surface area contributed by atoms with Gasteiger partial charge in [-0.3, -0.25) is 4.68 Å². The quantitative estimate of drug-likeness (QED) is 0.859. The fourth-order valence-electron chi connectivity index (χ4n) is 1.52. The summed E-state index contributed by atoms with van der Waals surface area (Å²) in [5.41, 5.74) is 7.60. The van der Waals surface area contributed by atoms with Crippen molar-refractivity contribution >= 4 is 0 Å². The van der Waals surface area contributed by atoms with Crippen molar-refractivity contribution in [2.75, 3.05) is 0 Å². The van der Waals surface area contributed by atoms with Crippen LogP contribution >= 0.6 is 0 Å². The minimum atomic E-state index is -0.225. The molecule has 3 nitrogen and oxygen atoms in total. The molecule has 2 rings (SSSR count). The number of aromatic nitrogens is 2. The van der Waals surface area contributed by atoms with Crippen LogP contribution in [0.5, 0.6) is 0 Å². The van der Waals surface area contributed by atoms with Crippen molar-refractivity contribution in [1.29, 1.82) is 0 Å². The van der Waals surface area contributed by atoms with Gasteiger partial charge >= 0.3 is 0 Å². The molecule has 0 spiro atoms. The van der Waals surface area contributed by atoms with Crippen molar-refractivity contribution in [3.05, 3.63) is 53.6 Å². The molecule has 1 unspecified atom stereocenters. The van der Waals surface area contributed by atoms with Gasteiger partial charge < -0.3 is 5.73 Å². The normalized spacial score (nSPS) is 12.7. The summed E-state index contributed by atoms with van der Waals surface area (Å²) >= 11 is 0. The molecule has 0 radical (unpaired) electrons. The van der Waals surface area contributed by atoms with Crippen LogP contribution in [0.25, 0.3) is 0 Å². The van der Waals surface area contributed by atoms with Crippen molar-refractivity contribution in [3.8, 4) is 0 Å². The Balaban J connectivity index is 2.14. The molecule has 1 heterocycles. The van der Waals surface area contributed by atoms with Crippen LogP contribution in [0.4, 0.5) is 4.39 Å². The SMILES string of the molecule is CC(N)c1cnn(Cc2cccc(F)c2)c1. The van der Waals surface area contributed by atoms with Gasteiger partial charge in [0.25, 0.3) is 0 Å². The summed E-state index contributed by atoms with van der Waals surface area (Å²) in [6.07, 6.45) is 3.62. The Kier molecular flexibility index (Phi) is 3.01. The van der Waals surface area contributed by atoms with Gasteiger partial charge in [0, 0.05) is 17.8 Å². The molecule has 2 aromatic rings. The minimum Gasteiger partial charge on any atom is -0.324 e. The number of halogens is 1. The number of hydrogen-bond acceptors (Lipinski definition) is 2. The average Bonchev–Trinajstić information content (AvgIpc) is 2.66. The van der Waals surface area contributed by atoms with Crippen LogP contribution in [0.2, 0.25) is 0 Å². The molecule has 0 aliphatic heterocycles. The molecule has 16 heavy (non-hydrogen) atoms. The molecule has 0 fully saturated rings. The van der Waals surface area contributed by atoms with E-state index in [0.29, 0.717) is 6.54 Å². The second kappa shape index (κ2) is 4.45. The summed E-state index contributed by atoms with van der Waals surface area (Å²) in [6.45, 7) is 2.47. The van der Waals surface area contributed by atoms with Gasteiger partial charge in [-0.05, 0) is 24.6 Å². The molecule has 4 heteroatoms. The molecule has 0 aliphatic rings. The maximum Gasteiger partial charge on any atom is 0.123 e. The van der Waals surface area contributed by atoms with Crippen LogP contribution in [0.3, 0.4) is 0 Å². The highest BCUT2D eigenvalue weighted by Gasteiger charge is 2.03. The molecule has 0 saturated carbocycles. The fourth-order valence-corrected chi connectivity index (χ4v) is 1.52. The predicted octanol–water partition coefficient (Wildman–Crippen LogP) is 2.09. The summed E-state index contributed by atoms with van der Waals surface area (Å²) in [5.74, 6) is -0.225. The number of nitrogens with two attached hydrogens (primary N) is 1. The topological polar surface area (TPSA) is 43.8 Å². The van der Waals surface area contributed by atoms with E-state index >= 15 is 0 Å². The highest BCUT2D eigenvalue weighted by molar-refractivity contribution is 5.17. The minimum absolute atomic E-state index is 0.0266. The van der Waals surface area contributed by atoms with E-state index in [-0.39, 0.29) is 11.9 Å². The Labute approximate surface area is 93.7 Å². The lowest BCUT2D eigenvalue weighted by Gasteiger charge is -2.02. The van der Waals surface area contributed by atoms with E-state index in [4.69, 9.17) is 5.73 Å². The van der Waals surface area contributed by atoms with Crippen molar-refractivity contribution in [3.63, 3.8) is 0 Å². The molecular formula is C12H14FN3. The highest BCUT2D eigenvalue weighted by Crippen LogP contribution is 2.10. The van der Waals surface area contributed by atoms with Crippen molar-refractivity contribution < 1.29 is 4.39 Å². The lowest BCUT2D eigenvalue weighted by atomic mass is 10.2. The Morgan fingerprint density at radius 3 is 2.94 bits per heavy atom. The molecule has 84 valence electrons. The van der Waals surface area contributed by atoms with Gasteiger partial charge in [-0.25, -0.2) is 4.39 Å². The largest absolute Gasteiger partial charge is 0.324 e. The van der Waals surface area contributed by atoms with Crippen LogP contribution in [0.1, 0.15) is 24.1 Å². The third-order valence-corrected chi connectivity index (χ3v) is 2.41. The monoisotopic (exact) mass is 219 g/mol. The van der Waals surface area contributed by atoms with E-state index in [0.717, 1.165) is 11.1 Å². The van der Waals surface area contributed by atoms with Crippen molar-refractivity contribution in [1.82, 2.24) is 9.78 Å². The molecule has 1 aromatic heterocycles. The van der Waals surface area contributed by atoms with Gasteiger partial charge in [0.05, 0.1) is 12.7 Å². The maximum absolute atomic E-state index is 13.0. The first kappa shape index (κ1) is 10.8. The molecule has 2 N–H and O–H groups in total. The highest BCUT2D eigenvalue weighted by atomic mass is 19.1. The van der Waals surface area contributed by atoms with Crippen LogP contribution in [-0.4, -0.2) is 9.78 Å². The van der Waals surface area contributed by atoms with Crippen molar-refractivity contribution in [2.45, 2.75) is 19.5 Å². The number of nitrogens with zero attached hydrogens (tertiary/aromatic N) is 2. The molecular weight excluding hydrogens is 205 g/mol. The van der Waals surface area contributed by atoms with Gasteiger partial charge in [-0.1, -0.05) is 12.1 Å². The molecule has 1 atom stereocenters. The Morgan fingerprint density at radius 1 is 1.50 bits per heavy atom. The van der Waals surface area contributed by atoms with E-state index in [1.54, 1.807) is 16.9 Å². The Morgan fingerprint density at radius 2 is 2.31 bits per heavy atom. The second-order valence-corrected chi connectivity index (χ2v) is 3.89. The average molecular weight is 219 g/mol. The number of benzene rings is 1. The van der Waals surface area contributed by atoms with Gasteiger partial charge in [0.2, 0.25) is 0 Å². The molecule has 0 amide bonds. The lowest BCUT2D eigenvalue weighted by molar-refractivity contribution is 0.619. The standard InChI is InChI=1S/C12H14FN3/c1-9(14)11-6-15-16(8-11)7-10-3-2-4-12(13)5-10/h2-6,8-9H,7,14H2,1H3. The van der Waals surface area contributed by atoms with Gasteiger partial charge in [-0.15, -0.1) is 0 Å². The first-order valence-electron chi connectivity index (χ1n) is 5.17. The lowest BCUT2D eigenvalue weighted by Crippen LogP contribution is -2.04. The molecule has 0 bridgehead atoms. The molecule has 0 aliphatic carbocycles. The van der Waals surface area contributed by atoms with Gasteiger partial charge in [0.1, 0.15) is 5.82 Å². The molecule has 0 saturated heterocycles. The Hall–Kier alpha value is -1.68. The summed E-state index contributed by atoms with van der Waals surface area (Å²) in [4.78, 5) is 0. The summed E-state index contributed by atoms with van der Waals surface area (Å²) in [7, 11) is 0. The first-order valence-corrected chi connectivity index (χ1v) is 5.17. The predicted molar refractivity (Wildman–Crippen MR) is 60.3 cm³/mol. The smallest absolute Gasteiger partial charge is 0.123 e. The first-order chi connectivity index (χ1) is 7.65. The third-order valence-electron chi connectivity index (χ3n) is 2.41. The maximum atomic E-state index is 13.0. The molecule has 1 aromatic carbocycles. The van der Waals surface area contributed by atoms with E-state index in [1.165, 1.54) is 12.1 Å². The number of rotatable bonds is 3. The summed E-state index contributed by atoms with van der Waals surface area (Å²) in [5, 5.41) is 4.18. The number of hydrogen-bond donors (Lipinski definition) is 1. The summed E-state index contributed by atoms with van der Waals surface area (Å²) < 4.78 is 14.7. The second-order valence-electron chi connectivity index (χ2n) is 3.89. The van der Waals surface area contributed by atoms with Crippen molar-refractivity contribution in [2.24, 2.45) is 5.73 Å². The van der Waals surface area contributed by atoms with Gasteiger partial charge in [0.15, 0.2) is 0 Å². The third kappa shape index (κ3) is 2.46. The van der Waals surface area contributed by atoms with Crippen LogP contribution in [0.15, 0.2) is 36.7 Å². The van der Waals surface area contributed by atoms with E-state index in [9.17, 15) is 4.39 Å². The Bertz CT molecular complexity index is 477. The zero-order chi connectivity index (χ0) is 11.5.